The maximum absolute atomic E-state index is 5.62. The normalized spacial score (nSPS) is 20.9. The molecule has 1 aromatic carbocycles. The molecule has 104 valence electrons. The van der Waals surface area contributed by atoms with Crippen molar-refractivity contribution in [3.8, 4) is 5.75 Å². The fourth-order valence-corrected chi connectivity index (χ4v) is 2.64. The van der Waals surface area contributed by atoms with E-state index in [1.165, 1.54) is 24.0 Å². The van der Waals surface area contributed by atoms with E-state index in [2.05, 4.69) is 30.4 Å². The summed E-state index contributed by atoms with van der Waals surface area (Å²) in [6, 6.07) is 7.32. The smallest absolute Gasteiger partial charge is 0.122 e. The summed E-state index contributed by atoms with van der Waals surface area (Å²) in [5.41, 5.74) is 2.78. The van der Waals surface area contributed by atoms with Crippen LogP contribution in [0.4, 0.5) is 0 Å². The first kappa shape index (κ1) is 12.9. The summed E-state index contributed by atoms with van der Waals surface area (Å²) < 4.78 is 11.1. The van der Waals surface area contributed by atoms with Crippen molar-refractivity contribution in [2.75, 3.05) is 26.4 Å². The highest BCUT2D eigenvalue weighted by atomic mass is 16.5. The lowest BCUT2D eigenvalue weighted by Crippen LogP contribution is -2.53. The fraction of sp³-hybridized carbons (Fsp3) is 0.625. The van der Waals surface area contributed by atoms with Gasteiger partial charge in [-0.15, -0.1) is 0 Å². The molecule has 1 saturated carbocycles. The summed E-state index contributed by atoms with van der Waals surface area (Å²) in [6.07, 6.45) is 2.67. The van der Waals surface area contributed by atoms with Crippen LogP contribution in [0.3, 0.4) is 0 Å². The molecule has 0 spiro atoms. The van der Waals surface area contributed by atoms with Crippen LogP contribution in [-0.4, -0.2) is 32.4 Å². The fourth-order valence-electron chi connectivity index (χ4n) is 2.64. The molecule has 0 amide bonds. The van der Waals surface area contributed by atoms with Crippen LogP contribution in [0.5, 0.6) is 5.75 Å². The van der Waals surface area contributed by atoms with Crippen molar-refractivity contribution in [2.24, 2.45) is 0 Å². The molecule has 0 unspecified atom stereocenters. The van der Waals surface area contributed by atoms with Crippen LogP contribution >= 0.6 is 0 Å². The molecule has 3 nitrogen and oxygen atoms in total. The Morgan fingerprint density at radius 3 is 2.68 bits per heavy atom. The monoisotopic (exact) mass is 261 g/mol. The molecule has 0 bridgehead atoms. The van der Waals surface area contributed by atoms with Gasteiger partial charge >= 0.3 is 0 Å². The number of ether oxygens (including phenoxy) is 2. The first-order valence-corrected chi connectivity index (χ1v) is 7.28. The Hall–Kier alpha value is -1.06. The number of benzene rings is 1. The minimum absolute atomic E-state index is 0.179. The first-order valence-electron chi connectivity index (χ1n) is 7.28. The maximum atomic E-state index is 5.62. The van der Waals surface area contributed by atoms with Crippen molar-refractivity contribution >= 4 is 0 Å². The summed E-state index contributed by atoms with van der Waals surface area (Å²) in [5.74, 6) is 0.997. The molecule has 19 heavy (non-hydrogen) atoms. The molecular weight excluding hydrogens is 238 g/mol. The average Bonchev–Trinajstić information content (AvgIpc) is 3.15. The second kappa shape index (κ2) is 5.14. The van der Waals surface area contributed by atoms with E-state index in [1.807, 2.05) is 6.92 Å². The first-order chi connectivity index (χ1) is 9.23. The number of rotatable bonds is 6. The zero-order chi connectivity index (χ0) is 13.3. The molecule has 1 aliphatic heterocycles. The predicted octanol–water partition coefficient (Wildman–Crippen LogP) is 2.41. The van der Waals surface area contributed by atoms with Crippen LogP contribution < -0.4 is 10.1 Å². The third-order valence-corrected chi connectivity index (χ3v) is 4.15. The maximum Gasteiger partial charge on any atom is 0.122 e. The lowest BCUT2D eigenvalue weighted by molar-refractivity contribution is -0.0592. The van der Waals surface area contributed by atoms with E-state index in [1.54, 1.807) is 0 Å². The number of hydrogen-bond donors (Lipinski definition) is 1. The van der Waals surface area contributed by atoms with E-state index in [4.69, 9.17) is 9.47 Å². The van der Waals surface area contributed by atoms with Gasteiger partial charge in [0.05, 0.1) is 25.2 Å². The molecule has 0 atom stereocenters. The van der Waals surface area contributed by atoms with Gasteiger partial charge in [0.2, 0.25) is 0 Å². The van der Waals surface area contributed by atoms with Crippen molar-refractivity contribution in [3.63, 3.8) is 0 Å². The van der Waals surface area contributed by atoms with Crippen LogP contribution in [0.15, 0.2) is 18.2 Å². The zero-order valence-corrected chi connectivity index (χ0v) is 11.9. The van der Waals surface area contributed by atoms with Gasteiger partial charge in [-0.1, -0.05) is 12.1 Å². The summed E-state index contributed by atoms with van der Waals surface area (Å²) in [7, 11) is 0. The summed E-state index contributed by atoms with van der Waals surface area (Å²) >= 11 is 0. The Kier molecular flexibility index (Phi) is 3.50. The van der Waals surface area contributed by atoms with Crippen molar-refractivity contribution in [1.29, 1.82) is 0 Å². The average molecular weight is 261 g/mol. The van der Waals surface area contributed by atoms with E-state index in [-0.39, 0.29) is 5.41 Å². The van der Waals surface area contributed by atoms with Crippen LogP contribution in [0, 0.1) is 6.92 Å². The highest BCUT2D eigenvalue weighted by Crippen LogP contribution is 2.35. The third-order valence-electron chi connectivity index (χ3n) is 4.15. The number of hydrogen-bond acceptors (Lipinski definition) is 3. The van der Waals surface area contributed by atoms with Crippen molar-refractivity contribution in [2.45, 2.75) is 38.1 Å². The van der Waals surface area contributed by atoms with E-state index < -0.39 is 0 Å². The van der Waals surface area contributed by atoms with Crippen molar-refractivity contribution < 1.29 is 9.47 Å². The Morgan fingerprint density at radius 2 is 2.16 bits per heavy atom. The number of aryl methyl sites for hydroxylation is 1. The Bertz CT molecular complexity index is 450. The van der Waals surface area contributed by atoms with Crippen LogP contribution in [0.1, 0.15) is 30.9 Å². The van der Waals surface area contributed by atoms with E-state index in [9.17, 15) is 0 Å². The second-order valence-electron chi connectivity index (χ2n) is 5.84. The number of nitrogens with one attached hydrogen (secondary N) is 1. The van der Waals surface area contributed by atoms with Gasteiger partial charge in [-0.25, -0.2) is 0 Å². The largest absolute Gasteiger partial charge is 0.494 e. The molecule has 0 radical (unpaired) electrons. The van der Waals surface area contributed by atoms with E-state index in [0.717, 1.165) is 38.2 Å². The molecular formula is C16H23NO2. The Morgan fingerprint density at radius 1 is 1.37 bits per heavy atom. The Labute approximate surface area is 115 Å². The molecule has 1 N–H and O–H groups in total. The standard InChI is InChI=1S/C16H23NO2/c1-3-19-15-7-4-13(8-12(15)2)16(10-18-11-16)9-17-14-5-6-14/h4,7-8,14,17H,3,5-6,9-11H2,1-2H3. The lowest BCUT2D eigenvalue weighted by Gasteiger charge is -2.42. The molecule has 1 aliphatic carbocycles. The van der Waals surface area contributed by atoms with Gasteiger partial charge in [0.15, 0.2) is 0 Å². The van der Waals surface area contributed by atoms with E-state index in [0.29, 0.717) is 0 Å². The topological polar surface area (TPSA) is 30.5 Å². The van der Waals surface area contributed by atoms with Gasteiger partial charge in [0, 0.05) is 12.6 Å². The zero-order valence-electron chi connectivity index (χ0n) is 11.9. The van der Waals surface area contributed by atoms with Crippen molar-refractivity contribution in [1.82, 2.24) is 5.32 Å². The van der Waals surface area contributed by atoms with Gasteiger partial charge in [0.25, 0.3) is 0 Å². The minimum atomic E-state index is 0.179. The summed E-state index contributed by atoms with van der Waals surface area (Å²) in [6.45, 7) is 7.56. The van der Waals surface area contributed by atoms with Gasteiger partial charge in [-0.2, -0.15) is 0 Å². The third kappa shape index (κ3) is 2.63. The van der Waals surface area contributed by atoms with Crippen LogP contribution in [0.2, 0.25) is 0 Å². The highest BCUT2D eigenvalue weighted by molar-refractivity contribution is 5.40. The molecule has 1 heterocycles. The lowest BCUT2D eigenvalue weighted by atomic mass is 9.78. The molecule has 2 fully saturated rings. The van der Waals surface area contributed by atoms with Crippen LogP contribution in [-0.2, 0) is 10.2 Å². The second-order valence-corrected chi connectivity index (χ2v) is 5.84. The molecule has 0 aromatic heterocycles. The van der Waals surface area contributed by atoms with Crippen molar-refractivity contribution in [3.05, 3.63) is 29.3 Å². The quantitative estimate of drug-likeness (QED) is 0.853. The van der Waals surface area contributed by atoms with E-state index >= 15 is 0 Å². The Balaban J connectivity index is 1.76. The SMILES string of the molecule is CCOc1ccc(C2(CNC3CC3)COC2)cc1C. The summed E-state index contributed by atoms with van der Waals surface area (Å²) in [5, 5.41) is 3.65. The molecule has 1 saturated heterocycles. The summed E-state index contributed by atoms with van der Waals surface area (Å²) in [4.78, 5) is 0. The molecule has 1 aromatic rings. The van der Waals surface area contributed by atoms with Gasteiger partial charge in [0.1, 0.15) is 5.75 Å². The van der Waals surface area contributed by atoms with Gasteiger partial charge < -0.3 is 14.8 Å². The van der Waals surface area contributed by atoms with Gasteiger partial charge in [-0.3, -0.25) is 0 Å². The highest BCUT2D eigenvalue weighted by Gasteiger charge is 2.41. The minimum Gasteiger partial charge on any atom is -0.494 e. The molecule has 3 heteroatoms. The predicted molar refractivity (Wildman–Crippen MR) is 75.9 cm³/mol. The van der Waals surface area contributed by atoms with Crippen LogP contribution in [0.25, 0.3) is 0 Å². The van der Waals surface area contributed by atoms with Gasteiger partial charge in [-0.05, 0) is 43.9 Å². The molecule has 3 rings (SSSR count). The molecule has 2 aliphatic rings.